The SMILES string of the molecule is O=C(O)NCCOc1ccc(-c2ccc(C(=O)N3CCOCC3)cc2)cc1Cl. The quantitative estimate of drug-likeness (QED) is 0.722. The molecule has 0 aliphatic carbocycles. The standard InChI is InChI=1S/C20H21ClN2O5/c21-17-13-16(5-6-18(17)28-10-7-22-20(25)26)14-1-3-15(4-2-14)19(24)23-8-11-27-12-9-23/h1-6,13,22H,7-12H2,(H,25,26). The van der Waals surface area contributed by atoms with Gasteiger partial charge in [-0.05, 0) is 35.4 Å². The van der Waals surface area contributed by atoms with Crippen molar-refractivity contribution in [2.75, 3.05) is 39.5 Å². The summed E-state index contributed by atoms with van der Waals surface area (Å²) in [5, 5.41) is 11.2. The van der Waals surface area contributed by atoms with E-state index in [0.29, 0.717) is 42.6 Å². The first-order valence-electron chi connectivity index (χ1n) is 8.91. The zero-order valence-corrected chi connectivity index (χ0v) is 15.9. The van der Waals surface area contributed by atoms with Crippen LogP contribution in [0.3, 0.4) is 0 Å². The summed E-state index contributed by atoms with van der Waals surface area (Å²) in [7, 11) is 0. The molecule has 1 fully saturated rings. The maximum Gasteiger partial charge on any atom is 0.404 e. The van der Waals surface area contributed by atoms with Crippen molar-refractivity contribution in [2.45, 2.75) is 0 Å². The van der Waals surface area contributed by atoms with E-state index in [1.54, 1.807) is 17.0 Å². The Labute approximate surface area is 167 Å². The molecule has 2 amide bonds. The van der Waals surface area contributed by atoms with Gasteiger partial charge in [-0.15, -0.1) is 0 Å². The molecule has 2 aromatic rings. The van der Waals surface area contributed by atoms with Crippen LogP contribution in [0.15, 0.2) is 42.5 Å². The molecule has 0 atom stereocenters. The fourth-order valence-corrected chi connectivity index (χ4v) is 3.11. The third-order valence-corrected chi connectivity index (χ3v) is 4.63. The molecule has 0 saturated carbocycles. The third kappa shape index (κ3) is 5.15. The maximum atomic E-state index is 12.5. The summed E-state index contributed by atoms with van der Waals surface area (Å²) in [6.45, 7) is 2.72. The van der Waals surface area contributed by atoms with E-state index in [4.69, 9.17) is 26.2 Å². The Morgan fingerprint density at radius 2 is 1.79 bits per heavy atom. The number of rotatable bonds is 6. The van der Waals surface area contributed by atoms with Crippen molar-refractivity contribution < 1.29 is 24.2 Å². The Kier molecular flexibility index (Phi) is 6.73. The highest BCUT2D eigenvalue weighted by atomic mass is 35.5. The number of ether oxygens (including phenoxy) is 2. The number of hydrogen-bond acceptors (Lipinski definition) is 4. The number of carbonyl (C=O) groups excluding carboxylic acids is 1. The van der Waals surface area contributed by atoms with Crippen LogP contribution in [0.1, 0.15) is 10.4 Å². The van der Waals surface area contributed by atoms with Gasteiger partial charge in [-0.1, -0.05) is 29.8 Å². The normalized spacial score (nSPS) is 13.8. The number of morpholine rings is 1. The van der Waals surface area contributed by atoms with Gasteiger partial charge < -0.3 is 24.8 Å². The molecule has 0 spiro atoms. The molecule has 0 bridgehead atoms. The minimum absolute atomic E-state index is 0.00611. The van der Waals surface area contributed by atoms with Crippen LogP contribution in [-0.4, -0.2) is 61.5 Å². The van der Waals surface area contributed by atoms with Gasteiger partial charge in [-0.3, -0.25) is 4.79 Å². The smallest absolute Gasteiger partial charge is 0.404 e. The number of amides is 2. The minimum atomic E-state index is -1.10. The highest BCUT2D eigenvalue weighted by molar-refractivity contribution is 6.32. The highest BCUT2D eigenvalue weighted by Crippen LogP contribution is 2.30. The van der Waals surface area contributed by atoms with Crippen LogP contribution >= 0.6 is 11.6 Å². The molecule has 1 aliphatic heterocycles. The molecule has 0 radical (unpaired) electrons. The Hall–Kier alpha value is -2.77. The average Bonchev–Trinajstić information content (AvgIpc) is 2.72. The lowest BCUT2D eigenvalue weighted by molar-refractivity contribution is 0.0303. The molecule has 7 nitrogen and oxygen atoms in total. The van der Waals surface area contributed by atoms with Crippen LogP contribution in [-0.2, 0) is 4.74 Å². The summed E-state index contributed by atoms with van der Waals surface area (Å²) in [6, 6.07) is 12.8. The monoisotopic (exact) mass is 404 g/mol. The van der Waals surface area contributed by atoms with Crippen molar-refractivity contribution in [1.82, 2.24) is 10.2 Å². The molecule has 3 rings (SSSR count). The van der Waals surface area contributed by atoms with E-state index >= 15 is 0 Å². The number of hydrogen-bond donors (Lipinski definition) is 2. The van der Waals surface area contributed by atoms with E-state index in [2.05, 4.69) is 5.32 Å². The predicted octanol–water partition coefficient (Wildman–Crippen LogP) is 3.13. The zero-order chi connectivity index (χ0) is 19.9. The van der Waals surface area contributed by atoms with Gasteiger partial charge in [-0.25, -0.2) is 4.79 Å². The number of halogens is 1. The van der Waals surface area contributed by atoms with Gasteiger partial charge in [0.25, 0.3) is 5.91 Å². The van der Waals surface area contributed by atoms with E-state index < -0.39 is 6.09 Å². The maximum absolute atomic E-state index is 12.5. The van der Waals surface area contributed by atoms with Gasteiger partial charge in [0.05, 0.1) is 24.8 Å². The topological polar surface area (TPSA) is 88.1 Å². The van der Waals surface area contributed by atoms with Gasteiger partial charge in [0.2, 0.25) is 0 Å². The Bertz CT molecular complexity index is 835. The van der Waals surface area contributed by atoms with Crippen molar-refractivity contribution in [3.63, 3.8) is 0 Å². The molecule has 8 heteroatoms. The second-order valence-electron chi connectivity index (χ2n) is 6.21. The second kappa shape index (κ2) is 9.43. The van der Waals surface area contributed by atoms with Gasteiger partial charge in [0, 0.05) is 18.7 Å². The summed E-state index contributed by atoms with van der Waals surface area (Å²) >= 11 is 6.27. The van der Waals surface area contributed by atoms with Crippen molar-refractivity contribution in [2.24, 2.45) is 0 Å². The van der Waals surface area contributed by atoms with Gasteiger partial charge >= 0.3 is 6.09 Å². The number of nitrogens with zero attached hydrogens (tertiary/aromatic N) is 1. The van der Waals surface area contributed by atoms with Gasteiger partial charge in [0.1, 0.15) is 12.4 Å². The van der Waals surface area contributed by atoms with Crippen molar-refractivity contribution in [1.29, 1.82) is 0 Å². The molecule has 1 saturated heterocycles. The van der Waals surface area contributed by atoms with Gasteiger partial charge in [-0.2, -0.15) is 0 Å². The van der Waals surface area contributed by atoms with Crippen LogP contribution in [0, 0.1) is 0 Å². The summed E-state index contributed by atoms with van der Waals surface area (Å²) in [6.07, 6.45) is -1.10. The summed E-state index contributed by atoms with van der Waals surface area (Å²) in [5.41, 5.74) is 2.47. The van der Waals surface area contributed by atoms with E-state index in [1.165, 1.54) is 0 Å². The first kappa shape index (κ1) is 20.0. The molecule has 1 heterocycles. The first-order valence-corrected chi connectivity index (χ1v) is 9.29. The van der Waals surface area contributed by atoms with Crippen LogP contribution < -0.4 is 10.1 Å². The largest absolute Gasteiger partial charge is 0.490 e. The lowest BCUT2D eigenvalue weighted by Gasteiger charge is -2.26. The summed E-state index contributed by atoms with van der Waals surface area (Å²) < 4.78 is 10.8. The molecule has 0 unspecified atom stereocenters. The Balaban J connectivity index is 1.64. The number of carbonyl (C=O) groups is 2. The molecule has 0 aromatic heterocycles. The fourth-order valence-electron chi connectivity index (χ4n) is 2.87. The minimum Gasteiger partial charge on any atom is -0.490 e. The number of benzene rings is 2. The van der Waals surface area contributed by atoms with Crippen molar-refractivity contribution in [3.05, 3.63) is 53.1 Å². The molecule has 1 aliphatic rings. The van der Waals surface area contributed by atoms with E-state index in [9.17, 15) is 9.59 Å². The Morgan fingerprint density at radius 3 is 2.43 bits per heavy atom. The lowest BCUT2D eigenvalue weighted by Crippen LogP contribution is -2.40. The van der Waals surface area contributed by atoms with Crippen LogP contribution in [0.25, 0.3) is 11.1 Å². The van der Waals surface area contributed by atoms with E-state index in [0.717, 1.165) is 11.1 Å². The summed E-state index contributed by atoms with van der Waals surface area (Å²) in [5.74, 6) is 0.489. The number of carboxylic acid groups (broad SMARTS) is 1. The second-order valence-corrected chi connectivity index (χ2v) is 6.61. The zero-order valence-electron chi connectivity index (χ0n) is 15.2. The number of nitrogens with one attached hydrogen (secondary N) is 1. The Morgan fingerprint density at radius 1 is 1.11 bits per heavy atom. The van der Waals surface area contributed by atoms with Crippen LogP contribution in [0.4, 0.5) is 4.79 Å². The van der Waals surface area contributed by atoms with Crippen molar-refractivity contribution >= 4 is 23.6 Å². The highest BCUT2D eigenvalue weighted by Gasteiger charge is 2.18. The van der Waals surface area contributed by atoms with E-state index in [1.807, 2.05) is 30.3 Å². The average molecular weight is 405 g/mol. The molecular formula is C20H21ClN2O5. The van der Waals surface area contributed by atoms with E-state index in [-0.39, 0.29) is 19.1 Å². The lowest BCUT2D eigenvalue weighted by atomic mass is 10.0. The molecule has 2 aromatic carbocycles. The summed E-state index contributed by atoms with van der Waals surface area (Å²) in [4.78, 5) is 24.7. The molecule has 2 N–H and O–H groups in total. The van der Waals surface area contributed by atoms with Crippen molar-refractivity contribution in [3.8, 4) is 16.9 Å². The molecule has 148 valence electrons. The van der Waals surface area contributed by atoms with Crippen LogP contribution in [0.2, 0.25) is 5.02 Å². The van der Waals surface area contributed by atoms with Gasteiger partial charge in [0.15, 0.2) is 0 Å². The molecule has 28 heavy (non-hydrogen) atoms. The molecular weight excluding hydrogens is 384 g/mol. The predicted molar refractivity (Wildman–Crippen MR) is 105 cm³/mol. The van der Waals surface area contributed by atoms with Crippen LogP contribution in [0.5, 0.6) is 5.75 Å². The third-order valence-electron chi connectivity index (χ3n) is 4.33. The fraction of sp³-hybridized carbons (Fsp3) is 0.300. The first-order chi connectivity index (χ1) is 13.5.